The van der Waals surface area contributed by atoms with Gasteiger partial charge in [-0.2, -0.15) is 0 Å². The average molecular weight is 652 g/mol. The maximum absolute atomic E-state index is 14.1. The number of nitrogens with zero attached hydrogens (tertiary/aromatic N) is 1. The third-order valence-electron chi connectivity index (χ3n) is 8.02. The molecular formula is C37H47F2N3O5. The second-order valence-electron chi connectivity index (χ2n) is 12.4. The largest absolute Gasteiger partial charge is 0.390 e. The minimum atomic E-state index is -1.71. The van der Waals surface area contributed by atoms with E-state index in [1.807, 2.05) is 44.2 Å². The maximum atomic E-state index is 14.1. The first kappa shape index (κ1) is 37.3. The zero-order valence-electron chi connectivity index (χ0n) is 27.8. The van der Waals surface area contributed by atoms with Gasteiger partial charge in [0.1, 0.15) is 17.7 Å². The number of hydrogen-bond acceptors (Lipinski definition) is 5. The molecule has 3 amide bonds. The molecule has 0 saturated heterocycles. The normalized spacial score (nSPS) is 13.8. The fraction of sp³-hybridized carbons (Fsp3) is 0.432. The highest BCUT2D eigenvalue weighted by molar-refractivity contribution is 6.00. The van der Waals surface area contributed by atoms with Crippen LogP contribution in [-0.2, 0) is 17.8 Å². The summed E-state index contributed by atoms with van der Waals surface area (Å²) in [5.41, 5.74) is 2.10. The summed E-state index contributed by atoms with van der Waals surface area (Å²) >= 11 is 0. The number of carbonyl (C=O) groups excluding carboxylic acids is 3. The standard InChI is InChI=1S/C37H47F2N3O5/c1-6-13-42(14-7-2)37(47)28-16-24(5)15-27(20-28)35(45)41-31(19-26-17-29(38)21-30(39)18-26)33(43)34(44)32(23(3)4)36(46)40-22-25-11-9-8-10-12-25/h8-12,15-18,20-21,23,31-34,43-44H,6-7,13-14,19,22H2,1-5H3,(H,40,46)(H,41,45)/t31-,32+,33+,34+/m0/s1. The predicted octanol–water partition coefficient (Wildman–Crippen LogP) is 5.19. The fourth-order valence-electron chi connectivity index (χ4n) is 5.77. The summed E-state index contributed by atoms with van der Waals surface area (Å²) < 4.78 is 28.3. The Kier molecular flexibility index (Phi) is 14.0. The Balaban J connectivity index is 1.92. The van der Waals surface area contributed by atoms with Gasteiger partial charge in [-0.05, 0) is 79.1 Å². The topological polar surface area (TPSA) is 119 Å². The van der Waals surface area contributed by atoms with Crippen LogP contribution in [-0.4, -0.2) is 64.2 Å². The van der Waals surface area contributed by atoms with Crippen LogP contribution >= 0.6 is 0 Å². The zero-order valence-corrected chi connectivity index (χ0v) is 27.8. The van der Waals surface area contributed by atoms with Crippen molar-refractivity contribution in [3.8, 4) is 0 Å². The van der Waals surface area contributed by atoms with Crippen LogP contribution in [0, 0.1) is 30.4 Å². The van der Waals surface area contributed by atoms with E-state index in [-0.39, 0.29) is 30.0 Å². The predicted molar refractivity (Wildman–Crippen MR) is 178 cm³/mol. The molecule has 3 aromatic rings. The van der Waals surface area contributed by atoms with Crippen molar-refractivity contribution in [3.05, 3.63) is 106 Å². The van der Waals surface area contributed by atoms with Gasteiger partial charge in [0, 0.05) is 36.8 Å². The number of nitrogens with one attached hydrogen (secondary N) is 2. The Morgan fingerprint density at radius 1 is 0.809 bits per heavy atom. The van der Waals surface area contributed by atoms with E-state index < -0.39 is 53.5 Å². The minimum absolute atomic E-state index is 0.128. The number of amides is 3. The van der Waals surface area contributed by atoms with Crippen LogP contribution in [0.3, 0.4) is 0 Å². The Morgan fingerprint density at radius 2 is 1.40 bits per heavy atom. The van der Waals surface area contributed by atoms with Crippen LogP contribution < -0.4 is 10.6 Å². The molecule has 4 atom stereocenters. The number of rotatable bonds is 16. The number of aliphatic hydroxyl groups excluding tert-OH is 2. The van der Waals surface area contributed by atoms with Crippen LogP contribution in [0.5, 0.6) is 0 Å². The van der Waals surface area contributed by atoms with Crippen LogP contribution in [0.1, 0.15) is 77.9 Å². The van der Waals surface area contributed by atoms with Crippen LogP contribution in [0.4, 0.5) is 8.78 Å². The second-order valence-corrected chi connectivity index (χ2v) is 12.4. The number of benzene rings is 3. The van der Waals surface area contributed by atoms with Crippen LogP contribution in [0.2, 0.25) is 0 Å². The first-order chi connectivity index (χ1) is 22.3. The number of carbonyl (C=O) groups is 3. The van der Waals surface area contributed by atoms with Gasteiger partial charge < -0.3 is 25.7 Å². The van der Waals surface area contributed by atoms with Gasteiger partial charge in [-0.25, -0.2) is 8.78 Å². The van der Waals surface area contributed by atoms with Crippen molar-refractivity contribution in [1.29, 1.82) is 0 Å². The molecular weight excluding hydrogens is 604 g/mol. The van der Waals surface area contributed by atoms with Crippen LogP contribution in [0.25, 0.3) is 0 Å². The van der Waals surface area contributed by atoms with Gasteiger partial charge in [0.25, 0.3) is 11.8 Å². The van der Waals surface area contributed by atoms with Gasteiger partial charge in [0.2, 0.25) is 5.91 Å². The molecule has 0 aromatic heterocycles. The molecule has 0 aliphatic carbocycles. The Labute approximate surface area is 276 Å². The maximum Gasteiger partial charge on any atom is 0.253 e. The van der Waals surface area contributed by atoms with Gasteiger partial charge in [-0.3, -0.25) is 14.4 Å². The molecule has 0 fully saturated rings. The first-order valence-corrected chi connectivity index (χ1v) is 16.2. The van der Waals surface area contributed by atoms with E-state index in [9.17, 15) is 33.4 Å². The third-order valence-corrected chi connectivity index (χ3v) is 8.02. The molecule has 3 rings (SSSR count). The van der Waals surface area contributed by atoms with Gasteiger partial charge in [0.15, 0.2) is 0 Å². The van der Waals surface area contributed by atoms with Gasteiger partial charge >= 0.3 is 0 Å². The smallest absolute Gasteiger partial charge is 0.253 e. The Hall–Kier alpha value is -4.15. The van der Waals surface area contributed by atoms with Gasteiger partial charge in [-0.15, -0.1) is 0 Å². The SMILES string of the molecule is CCCN(CCC)C(=O)c1cc(C)cc(C(=O)N[C@@H](Cc2cc(F)cc(F)c2)[C@@H](O)[C@H](O)[C@H](C(=O)NCc2ccccc2)C(C)C)c1. The molecule has 254 valence electrons. The summed E-state index contributed by atoms with van der Waals surface area (Å²) in [5, 5.41) is 28.5. The van der Waals surface area contributed by atoms with E-state index in [0.29, 0.717) is 30.3 Å². The van der Waals surface area contributed by atoms with E-state index in [1.165, 1.54) is 6.07 Å². The summed E-state index contributed by atoms with van der Waals surface area (Å²) in [5.74, 6) is -4.56. The van der Waals surface area contributed by atoms with Crippen molar-refractivity contribution in [3.63, 3.8) is 0 Å². The molecule has 47 heavy (non-hydrogen) atoms. The molecule has 4 N–H and O–H groups in total. The highest BCUT2D eigenvalue weighted by Gasteiger charge is 2.39. The number of halogens is 2. The zero-order chi connectivity index (χ0) is 34.7. The quantitative estimate of drug-likeness (QED) is 0.170. The monoisotopic (exact) mass is 651 g/mol. The lowest BCUT2D eigenvalue weighted by atomic mass is 9.83. The molecule has 0 radical (unpaired) electrons. The highest BCUT2D eigenvalue weighted by Crippen LogP contribution is 2.23. The van der Waals surface area contributed by atoms with Crippen molar-refractivity contribution in [2.24, 2.45) is 11.8 Å². The van der Waals surface area contributed by atoms with E-state index in [0.717, 1.165) is 30.5 Å². The minimum Gasteiger partial charge on any atom is -0.390 e. The summed E-state index contributed by atoms with van der Waals surface area (Å²) in [4.78, 5) is 42.1. The lowest BCUT2D eigenvalue weighted by Crippen LogP contribution is -2.55. The molecule has 0 heterocycles. The molecule has 0 saturated carbocycles. The van der Waals surface area contributed by atoms with Gasteiger partial charge in [-0.1, -0.05) is 58.0 Å². The highest BCUT2D eigenvalue weighted by atomic mass is 19.1. The molecule has 10 heteroatoms. The van der Waals surface area contributed by atoms with Crippen LogP contribution in [0.15, 0.2) is 66.7 Å². The van der Waals surface area contributed by atoms with E-state index in [2.05, 4.69) is 10.6 Å². The number of aryl methyl sites for hydroxylation is 1. The first-order valence-electron chi connectivity index (χ1n) is 16.2. The summed E-state index contributed by atoms with van der Waals surface area (Å²) in [6, 6.07) is 15.6. The molecule has 0 unspecified atom stereocenters. The summed E-state index contributed by atoms with van der Waals surface area (Å²) in [7, 11) is 0. The van der Waals surface area contributed by atoms with E-state index in [1.54, 1.807) is 37.8 Å². The summed E-state index contributed by atoms with van der Waals surface area (Å²) in [6.45, 7) is 10.5. The molecule has 0 bridgehead atoms. The molecule has 0 aliphatic rings. The molecule has 0 spiro atoms. The lowest BCUT2D eigenvalue weighted by molar-refractivity contribution is -0.135. The van der Waals surface area contributed by atoms with Crippen molar-refractivity contribution < 1.29 is 33.4 Å². The molecule has 0 aliphatic heterocycles. The molecule has 3 aromatic carbocycles. The van der Waals surface area contributed by atoms with E-state index in [4.69, 9.17) is 0 Å². The Bertz CT molecular complexity index is 1470. The third kappa shape index (κ3) is 10.7. The number of hydrogen-bond donors (Lipinski definition) is 4. The van der Waals surface area contributed by atoms with Gasteiger partial charge in [0.05, 0.1) is 18.1 Å². The van der Waals surface area contributed by atoms with Crippen molar-refractivity contribution in [2.45, 2.75) is 78.7 Å². The van der Waals surface area contributed by atoms with E-state index >= 15 is 0 Å². The molecule has 8 nitrogen and oxygen atoms in total. The summed E-state index contributed by atoms with van der Waals surface area (Å²) in [6.07, 6.45) is -2.08. The second kappa shape index (κ2) is 17.7. The van der Waals surface area contributed by atoms with Crippen molar-refractivity contribution >= 4 is 17.7 Å². The van der Waals surface area contributed by atoms with Crippen molar-refractivity contribution in [1.82, 2.24) is 15.5 Å². The Morgan fingerprint density at radius 3 is 1.98 bits per heavy atom. The average Bonchev–Trinajstić information content (AvgIpc) is 3.02. The van der Waals surface area contributed by atoms with Crippen molar-refractivity contribution in [2.75, 3.05) is 13.1 Å². The fourth-order valence-corrected chi connectivity index (χ4v) is 5.77. The lowest BCUT2D eigenvalue weighted by Gasteiger charge is -2.33. The number of aliphatic hydroxyl groups is 2.